The van der Waals surface area contributed by atoms with Gasteiger partial charge in [0, 0.05) is 0 Å². The summed E-state index contributed by atoms with van der Waals surface area (Å²) in [6.45, 7) is 3.52. The number of amides is 1. The number of hydrogen-bond donors (Lipinski definition) is 2. The van der Waals surface area contributed by atoms with Gasteiger partial charge in [0.15, 0.2) is 0 Å². The van der Waals surface area contributed by atoms with Crippen LogP contribution in [0.3, 0.4) is 0 Å². The van der Waals surface area contributed by atoms with E-state index >= 15 is 0 Å². The minimum atomic E-state index is -0.996. The lowest BCUT2D eigenvalue weighted by atomic mass is 9.82. The molecule has 0 radical (unpaired) electrons. The van der Waals surface area contributed by atoms with E-state index in [1.54, 1.807) is 0 Å². The van der Waals surface area contributed by atoms with Crippen molar-refractivity contribution in [3.05, 3.63) is 35.9 Å². The molecule has 0 bridgehead atoms. The van der Waals surface area contributed by atoms with E-state index in [4.69, 9.17) is 0 Å². The van der Waals surface area contributed by atoms with Gasteiger partial charge in [-0.1, -0.05) is 44.2 Å². The molecule has 1 aromatic carbocycles. The van der Waals surface area contributed by atoms with Crippen LogP contribution in [0, 0.1) is 16.7 Å². The number of nitriles is 1. The molecule has 1 atom stereocenters. The number of carbonyl (C=O) groups excluding carboxylic acids is 1. The summed E-state index contributed by atoms with van der Waals surface area (Å²) in [5, 5.41) is 21.5. The smallest absolute Gasteiger partial charge is 0.240 e. The maximum Gasteiger partial charge on any atom is 0.240 e. The zero-order chi connectivity index (χ0) is 15.0. The summed E-state index contributed by atoms with van der Waals surface area (Å²) in [7, 11) is 0. The van der Waals surface area contributed by atoms with Crippen LogP contribution >= 0.6 is 0 Å². The average Bonchev–Trinajstić information content (AvgIpc) is 2.50. The molecule has 0 aromatic heterocycles. The summed E-state index contributed by atoms with van der Waals surface area (Å²) in [6, 6.07) is 11.4. The molecule has 0 fully saturated rings. The van der Waals surface area contributed by atoms with E-state index in [1.807, 2.05) is 44.2 Å². The number of aliphatic hydroxyl groups is 1. The van der Waals surface area contributed by atoms with E-state index in [2.05, 4.69) is 11.4 Å². The summed E-state index contributed by atoms with van der Waals surface area (Å²) in [5.74, 6) is -0.292. The van der Waals surface area contributed by atoms with E-state index in [9.17, 15) is 15.2 Å². The fourth-order valence-electron chi connectivity index (χ4n) is 2.16. The van der Waals surface area contributed by atoms with Crippen molar-refractivity contribution in [2.45, 2.75) is 39.2 Å². The van der Waals surface area contributed by atoms with Crippen molar-refractivity contribution in [1.29, 1.82) is 5.26 Å². The SMILES string of the molecule is CCC(C#N)(CC)C(=O)NC(CO)Cc1ccccc1. The number of rotatable bonds is 7. The Morgan fingerprint density at radius 3 is 2.40 bits per heavy atom. The molecular formula is C16H22N2O2. The molecule has 0 saturated carbocycles. The predicted molar refractivity (Wildman–Crippen MR) is 77.8 cm³/mol. The van der Waals surface area contributed by atoms with Crippen molar-refractivity contribution in [2.24, 2.45) is 5.41 Å². The van der Waals surface area contributed by atoms with Crippen molar-refractivity contribution >= 4 is 5.91 Å². The Hall–Kier alpha value is -1.86. The van der Waals surface area contributed by atoms with Crippen LogP contribution in [0.5, 0.6) is 0 Å². The zero-order valence-corrected chi connectivity index (χ0v) is 12.1. The molecular weight excluding hydrogens is 252 g/mol. The second-order valence-corrected chi connectivity index (χ2v) is 4.94. The van der Waals surface area contributed by atoms with Gasteiger partial charge in [-0.25, -0.2) is 0 Å². The van der Waals surface area contributed by atoms with Crippen molar-refractivity contribution in [1.82, 2.24) is 5.32 Å². The van der Waals surface area contributed by atoms with E-state index in [0.717, 1.165) is 5.56 Å². The number of aliphatic hydroxyl groups excluding tert-OH is 1. The third-order valence-corrected chi connectivity index (χ3v) is 3.74. The van der Waals surface area contributed by atoms with Gasteiger partial charge in [0.05, 0.1) is 18.7 Å². The Balaban J connectivity index is 2.74. The van der Waals surface area contributed by atoms with Crippen molar-refractivity contribution in [2.75, 3.05) is 6.61 Å². The summed E-state index contributed by atoms with van der Waals surface area (Å²) in [4.78, 5) is 12.3. The van der Waals surface area contributed by atoms with E-state index < -0.39 is 5.41 Å². The van der Waals surface area contributed by atoms with Crippen molar-refractivity contribution < 1.29 is 9.90 Å². The second-order valence-electron chi connectivity index (χ2n) is 4.94. The van der Waals surface area contributed by atoms with Crippen LogP contribution in [0.1, 0.15) is 32.3 Å². The van der Waals surface area contributed by atoms with Crippen LogP contribution in [0.25, 0.3) is 0 Å². The third kappa shape index (κ3) is 3.82. The highest BCUT2D eigenvalue weighted by atomic mass is 16.3. The first kappa shape index (κ1) is 16.2. The maximum absolute atomic E-state index is 12.3. The predicted octanol–water partition coefficient (Wildman–Crippen LogP) is 2.04. The van der Waals surface area contributed by atoms with Gasteiger partial charge in [0.1, 0.15) is 5.41 Å². The Labute approximate surface area is 120 Å². The van der Waals surface area contributed by atoms with E-state index in [-0.39, 0.29) is 18.6 Å². The van der Waals surface area contributed by atoms with Crippen LogP contribution in [0.15, 0.2) is 30.3 Å². The average molecular weight is 274 g/mol. The summed E-state index contributed by atoms with van der Waals surface area (Å²) < 4.78 is 0. The second kappa shape index (κ2) is 7.66. The van der Waals surface area contributed by atoms with E-state index in [1.165, 1.54) is 0 Å². The van der Waals surface area contributed by atoms with Crippen molar-refractivity contribution in [3.8, 4) is 6.07 Å². The first-order chi connectivity index (χ1) is 9.61. The molecule has 0 aliphatic carbocycles. The molecule has 1 aromatic rings. The third-order valence-electron chi connectivity index (χ3n) is 3.74. The number of carbonyl (C=O) groups is 1. The number of benzene rings is 1. The quantitative estimate of drug-likeness (QED) is 0.799. The maximum atomic E-state index is 12.3. The Bertz CT molecular complexity index is 461. The summed E-state index contributed by atoms with van der Waals surface area (Å²) >= 11 is 0. The molecule has 0 aliphatic rings. The Morgan fingerprint density at radius 1 is 1.35 bits per heavy atom. The Kier molecular flexibility index (Phi) is 6.20. The highest BCUT2D eigenvalue weighted by molar-refractivity contribution is 5.85. The minimum absolute atomic E-state index is 0.143. The molecule has 1 rings (SSSR count). The molecule has 0 saturated heterocycles. The molecule has 108 valence electrons. The van der Waals surface area contributed by atoms with Crippen LogP contribution < -0.4 is 5.32 Å². The minimum Gasteiger partial charge on any atom is -0.394 e. The number of nitrogens with one attached hydrogen (secondary N) is 1. The van der Waals surface area contributed by atoms with Crippen LogP contribution in [0.2, 0.25) is 0 Å². The lowest BCUT2D eigenvalue weighted by Gasteiger charge is -2.25. The molecule has 20 heavy (non-hydrogen) atoms. The fourth-order valence-corrected chi connectivity index (χ4v) is 2.16. The van der Waals surface area contributed by atoms with Crippen LogP contribution in [-0.2, 0) is 11.2 Å². The highest BCUT2D eigenvalue weighted by Crippen LogP contribution is 2.25. The molecule has 4 heteroatoms. The molecule has 0 aliphatic heterocycles. The summed E-state index contributed by atoms with van der Waals surface area (Å²) in [5.41, 5.74) is 0.0480. The van der Waals surface area contributed by atoms with Gasteiger partial charge in [-0.05, 0) is 24.8 Å². The van der Waals surface area contributed by atoms with Gasteiger partial charge in [0.25, 0.3) is 0 Å². The van der Waals surface area contributed by atoms with Crippen LogP contribution in [0.4, 0.5) is 0 Å². The van der Waals surface area contributed by atoms with Gasteiger partial charge < -0.3 is 10.4 Å². The first-order valence-electron chi connectivity index (χ1n) is 6.98. The molecule has 2 N–H and O–H groups in total. The number of hydrogen-bond acceptors (Lipinski definition) is 3. The summed E-state index contributed by atoms with van der Waals surface area (Å²) in [6.07, 6.45) is 1.49. The van der Waals surface area contributed by atoms with Crippen LogP contribution in [-0.4, -0.2) is 23.7 Å². The van der Waals surface area contributed by atoms with Gasteiger partial charge in [-0.15, -0.1) is 0 Å². The standard InChI is InChI=1S/C16H22N2O2/c1-3-16(4-2,12-17)15(20)18-14(11-19)10-13-8-6-5-7-9-13/h5-9,14,19H,3-4,10-11H2,1-2H3,(H,18,20). The monoisotopic (exact) mass is 274 g/mol. The molecule has 1 unspecified atom stereocenters. The lowest BCUT2D eigenvalue weighted by molar-refractivity contribution is -0.129. The van der Waals surface area contributed by atoms with Crippen molar-refractivity contribution in [3.63, 3.8) is 0 Å². The normalized spacial score (nSPS) is 12.5. The zero-order valence-electron chi connectivity index (χ0n) is 12.1. The van der Waals surface area contributed by atoms with E-state index in [0.29, 0.717) is 19.3 Å². The lowest BCUT2D eigenvalue weighted by Crippen LogP contribution is -2.47. The molecule has 4 nitrogen and oxygen atoms in total. The Morgan fingerprint density at radius 2 is 1.95 bits per heavy atom. The number of nitrogens with zero attached hydrogens (tertiary/aromatic N) is 1. The molecule has 0 heterocycles. The molecule has 0 spiro atoms. The van der Waals surface area contributed by atoms with Gasteiger partial charge in [0.2, 0.25) is 5.91 Å². The van der Waals surface area contributed by atoms with Gasteiger partial charge in [-0.3, -0.25) is 4.79 Å². The molecule has 1 amide bonds. The highest BCUT2D eigenvalue weighted by Gasteiger charge is 2.35. The largest absolute Gasteiger partial charge is 0.394 e. The van der Waals surface area contributed by atoms with Gasteiger partial charge >= 0.3 is 0 Å². The fraction of sp³-hybridized carbons (Fsp3) is 0.500. The topological polar surface area (TPSA) is 73.1 Å². The first-order valence-corrected chi connectivity index (χ1v) is 6.98. The van der Waals surface area contributed by atoms with Gasteiger partial charge in [-0.2, -0.15) is 5.26 Å².